The van der Waals surface area contributed by atoms with Crippen LogP contribution in [0.1, 0.15) is 40.0 Å². The maximum Gasteiger partial charge on any atom is 0.264 e. The second-order valence-electron chi connectivity index (χ2n) is 9.49. The second kappa shape index (κ2) is 11.8. The van der Waals surface area contributed by atoms with E-state index >= 15 is 0 Å². The van der Waals surface area contributed by atoms with Gasteiger partial charge in [0.15, 0.2) is 9.84 Å². The van der Waals surface area contributed by atoms with Crippen molar-refractivity contribution < 1.29 is 21.6 Å². The van der Waals surface area contributed by atoms with Crippen LogP contribution in [0.2, 0.25) is 5.02 Å². The number of hydrogen-bond donors (Lipinski definition) is 1. The van der Waals surface area contributed by atoms with Gasteiger partial charge in [-0.15, -0.1) is 0 Å². The average Bonchev–Trinajstić information content (AvgIpc) is 2.93. The summed E-state index contributed by atoms with van der Waals surface area (Å²) in [6.45, 7) is 3.66. The number of benzene rings is 4. The highest BCUT2D eigenvalue weighted by Crippen LogP contribution is 2.31. The van der Waals surface area contributed by atoms with Gasteiger partial charge >= 0.3 is 0 Å². The highest BCUT2D eigenvalue weighted by atomic mass is 35.5. The molecular formula is C30H29ClN2O5S2. The molecular weight excluding hydrogens is 568 g/mol. The third-order valence-corrected chi connectivity index (χ3v) is 9.61. The van der Waals surface area contributed by atoms with Gasteiger partial charge in [0.05, 0.1) is 28.1 Å². The fourth-order valence-electron chi connectivity index (χ4n) is 4.16. The third kappa shape index (κ3) is 6.72. The number of halogens is 1. The number of amides is 1. The van der Waals surface area contributed by atoms with Crippen LogP contribution in [0.5, 0.6) is 0 Å². The van der Waals surface area contributed by atoms with Crippen LogP contribution >= 0.6 is 11.6 Å². The topological polar surface area (TPSA) is 101 Å². The molecule has 0 unspecified atom stereocenters. The summed E-state index contributed by atoms with van der Waals surface area (Å²) in [5.74, 6) is -0.314. The first kappa shape index (κ1) is 29.3. The molecule has 4 aromatic rings. The molecule has 7 nitrogen and oxygen atoms in total. The van der Waals surface area contributed by atoms with Crippen molar-refractivity contribution in [1.29, 1.82) is 0 Å². The van der Waals surface area contributed by atoms with Gasteiger partial charge in [-0.25, -0.2) is 16.8 Å². The number of rotatable bonds is 9. The average molecular weight is 597 g/mol. The molecule has 1 N–H and O–H groups in total. The first-order valence-electron chi connectivity index (χ1n) is 12.4. The Labute approximate surface area is 240 Å². The smallest absolute Gasteiger partial charge is 0.264 e. The first-order chi connectivity index (χ1) is 18.9. The van der Waals surface area contributed by atoms with Gasteiger partial charge in [-0.05, 0) is 79.1 Å². The van der Waals surface area contributed by atoms with Crippen LogP contribution < -0.4 is 9.62 Å². The van der Waals surface area contributed by atoms with Gasteiger partial charge in [0.25, 0.3) is 15.9 Å². The minimum Gasteiger partial charge on any atom is -0.346 e. The lowest BCUT2D eigenvalue weighted by Gasteiger charge is -2.26. The van der Waals surface area contributed by atoms with Crippen molar-refractivity contribution in [3.63, 3.8) is 0 Å². The Morgan fingerprint density at radius 2 is 1.48 bits per heavy atom. The molecule has 0 saturated heterocycles. The predicted molar refractivity (Wildman–Crippen MR) is 158 cm³/mol. The fraction of sp³-hybridized carbons (Fsp3) is 0.167. The molecule has 0 saturated carbocycles. The van der Waals surface area contributed by atoms with Gasteiger partial charge in [-0.3, -0.25) is 9.10 Å². The zero-order valence-corrected chi connectivity index (χ0v) is 24.6. The van der Waals surface area contributed by atoms with Gasteiger partial charge in [0, 0.05) is 16.8 Å². The second-order valence-corrected chi connectivity index (χ2v) is 13.8. The Morgan fingerprint density at radius 1 is 0.850 bits per heavy atom. The molecule has 0 fully saturated rings. The zero-order valence-electron chi connectivity index (χ0n) is 22.2. The standard InChI is InChI=1S/C30H29ClN2O5S2/c1-21-9-16-26(31)19-29(21)33(40(37,38)28-7-5-4-6-8-28)20-23-10-12-25(13-11-23)30(34)32-22(2)24-14-17-27(18-15-24)39(3,35)36/h4-19,22H,20H2,1-3H3,(H,32,34)/t22-/m0/s1. The van der Waals surface area contributed by atoms with Crippen LogP contribution in [0.15, 0.2) is 107 Å². The van der Waals surface area contributed by atoms with Crippen LogP contribution in [-0.4, -0.2) is 29.0 Å². The van der Waals surface area contributed by atoms with E-state index in [4.69, 9.17) is 11.6 Å². The van der Waals surface area contributed by atoms with E-state index < -0.39 is 19.9 Å². The SMILES string of the molecule is Cc1ccc(Cl)cc1N(Cc1ccc(C(=O)N[C@@H](C)c2ccc(S(C)(=O)=O)cc2)cc1)S(=O)(=O)c1ccccc1. The molecule has 0 aliphatic rings. The summed E-state index contributed by atoms with van der Waals surface area (Å²) < 4.78 is 52.1. The molecule has 4 rings (SSSR count). The molecule has 208 valence electrons. The number of nitrogens with zero attached hydrogens (tertiary/aromatic N) is 1. The minimum atomic E-state index is -3.92. The van der Waals surface area contributed by atoms with Gasteiger partial charge in [-0.1, -0.05) is 60.1 Å². The Hall–Kier alpha value is -3.66. The van der Waals surface area contributed by atoms with Crippen molar-refractivity contribution in [2.75, 3.05) is 10.6 Å². The van der Waals surface area contributed by atoms with E-state index in [0.29, 0.717) is 21.8 Å². The van der Waals surface area contributed by atoms with Gasteiger partial charge in [0.2, 0.25) is 0 Å². The maximum absolute atomic E-state index is 13.7. The number of aryl methyl sites for hydroxylation is 1. The summed E-state index contributed by atoms with van der Waals surface area (Å²) in [5, 5.41) is 3.32. The lowest BCUT2D eigenvalue weighted by atomic mass is 10.1. The molecule has 0 bridgehead atoms. The van der Waals surface area contributed by atoms with Crippen LogP contribution in [0, 0.1) is 6.92 Å². The zero-order chi connectivity index (χ0) is 29.1. The lowest BCUT2D eigenvalue weighted by molar-refractivity contribution is 0.0940. The monoisotopic (exact) mass is 596 g/mol. The molecule has 40 heavy (non-hydrogen) atoms. The number of carbonyl (C=O) groups excluding carboxylic acids is 1. The molecule has 0 radical (unpaired) electrons. The van der Waals surface area contributed by atoms with Crippen LogP contribution in [0.3, 0.4) is 0 Å². The maximum atomic E-state index is 13.7. The number of sulfone groups is 1. The third-order valence-electron chi connectivity index (χ3n) is 6.47. The summed E-state index contributed by atoms with van der Waals surface area (Å²) in [5.41, 5.74) is 3.06. The van der Waals surface area contributed by atoms with Gasteiger partial charge < -0.3 is 5.32 Å². The van der Waals surface area contributed by atoms with Crippen molar-refractivity contribution in [2.45, 2.75) is 36.2 Å². The van der Waals surface area contributed by atoms with Crippen molar-refractivity contribution in [3.8, 4) is 0 Å². The number of sulfonamides is 1. The van der Waals surface area contributed by atoms with E-state index in [1.54, 1.807) is 91.9 Å². The molecule has 10 heteroatoms. The van der Waals surface area contributed by atoms with E-state index in [9.17, 15) is 21.6 Å². The van der Waals surface area contributed by atoms with Crippen molar-refractivity contribution in [2.24, 2.45) is 0 Å². The highest BCUT2D eigenvalue weighted by molar-refractivity contribution is 7.92. The predicted octanol–water partition coefficient (Wildman–Crippen LogP) is 5.94. The quantitative estimate of drug-likeness (QED) is 0.258. The summed E-state index contributed by atoms with van der Waals surface area (Å²) in [4.78, 5) is 13.3. The van der Waals surface area contributed by atoms with Crippen molar-refractivity contribution in [3.05, 3.63) is 124 Å². The van der Waals surface area contributed by atoms with Gasteiger partial charge in [0.1, 0.15) is 0 Å². The molecule has 0 aromatic heterocycles. The van der Waals surface area contributed by atoms with E-state index in [1.807, 2.05) is 6.92 Å². The Balaban J connectivity index is 1.55. The number of nitrogens with one attached hydrogen (secondary N) is 1. The summed E-state index contributed by atoms with van der Waals surface area (Å²) in [6.07, 6.45) is 1.14. The molecule has 4 aromatic carbocycles. The largest absolute Gasteiger partial charge is 0.346 e. The molecule has 1 amide bonds. The lowest BCUT2D eigenvalue weighted by Crippen LogP contribution is -2.31. The number of anilines is 1. The Kier molecular flexibility index (Phi) is 8.68. The highest BCUT2D eigenvalue weighted by Gasteiger charge is 2.26. The molecule has 1 atom stereocenters. The van der Waals surface area contributed by atoms with Crippen molar-refractivity contribution >= 4 is 43.1 Å². The normalized spacial score (nSPS) is 12.5. The number of carbonyl (C=O) groups is 1. The minimum absolute atomic E-state index is 0.0311. The van der Waals surface area contributed by atoms with Crippen LogP contribution in [-0.2, 0) is 26.4 Å². The summed E-state index contributed by atoms with van der Waals surface area (Å²) in [6, 6.07) is 26.0. The van der Waals surface area contributed by atoms with E-state index in [-0.39, 0.29) is 28.3 Å². The van der Waals surface area contributed by atoms with Crippen LogP contribution in [0.25, 0.3) is 0 Å². The fourth-order valence-corrected chi connectivity index (χ4v) is 6.49. The molecule has 0 aliphatic heterocycles. The number of hydrogen-bond acceptors (Lipinski definition) is 5. The van der Waals surface area contributed by atoms with Crippen molar-refractivity contribution in [1.82, 2.24) is 5.32 Å². The molecule has 0 spiro atoms. The Morgan fingerprint density at radius 3 is 2.08 bits per heavy atom. The Bertz CT molecular complexity index is 1720. The first-order valence-corrected chi connectivity index (χ1v) is 16.1. The van der Waals surface area contributed by atoms with Crippen LogP contribution in [0.4, 0.5) is 5.69 Å². The summed E-state index contributed by atoms with van der Waals surface area (Å²) >= 11 is 6.24. The van der Waals surface area contributed by atoms with E-state index in [2.05, 4.69) is 5.32 Å². The van der Waals surface area contributed by atoms with Gasteiger partial charge in [-0.2, -0.15) is 0 Å². The van der Waals surface area contributed by atoms with E-state index in [1.165, 1.54) is 16.4 Å². The molecule has 0 aliphatic carbocycles. The summed E-state index contributed by atoms with van der Waals surface area (Å²) in [7, 11) is -7.23. The van der Waals surface area contributed by atoms with E-state index in [0.717, 1.165) is 17.4 Å². The molecule has 0 heterocycles.